The third-order valence-corrected chi connectivity index (χ3v) is 2.39. The zero-order valence-corrected chi connectivity index (χ0v) is 9.93. The highest BCUT2D eigenvalue weighted by Crippen LogP contribution is 2.03. The lowest BCUT2D eigenvalue weighted by Crippen LogP contribution is -2.28. The van der Waals surface area contributed by atoms with Gasteiger partial charge in [-0.15, -0.1) is 6.42 Å². The lowest BCUT2D eigenvalue weighted by atomic mass is 10.2. The third kappa shape index (κ3) is 4.05. The molecule has 1 heterocycles. The minimum absolute atomic E-state index is 0.259. The molecule has 0 bridgehead atoms. The Morgan fingerprint density at radius 3 is 3.06 bits per heavy atom. The number of aromatic nitrogens is 2. The van der Waals surface area contributed by atoms with Crippen molar-refractivity contribution in [2.24, 2.45) is 0 Å². The molecular formula is C12H19N3O. The molecular weight excluding hydrogens is 202 g/mol. The van der Waals surface area contributed by atoms with Gasteiger partial charge in [0.15, 0.2) is 0 Å². The molecule has 0 amide bonds. The van der Waals surface area contributed by atoms with Crippen molar-refractivity contribution in [3.63, 3.8) is 0 Å². The van der Waals surface area contributed by atoms with Crippen LogP contribution in [0.4, 0.5) is 0 Å². The molecule has 0 aliphatic heterocycles. The van der Waals surface area contributed by atoms with Gasteiger partial charge in [-0.3, -0.25) is 9.58 Å². The predicted octanol–water partition coefficient (Wildman–Crippen LogP) is 0.719. The molecule has 0 saturated heterocycles. The van der Waals surface area contributed by atoms with E-state index in [1.54, 1.807) is 4.68 Å². The van der Waals surface area contributed by atoms with Crippen molar-refractivity contribution in [2.45, 2.75) is 32.5 Å². The molecule has 1 aromatic rings. The lowest BCUT2D eigenvalue weighted by Gasteiger charge is -2.18. The molecule has 1 N–H and O–H groups in total. The minimum Gasteiger partial charge on any atom is -0.392 e. The van der Waals surface area contributed by atoms with Gasteiger partial charge in [-0.25, -0.2) is 0 Å². The average molecular weight is 221 g/mol. The molecule has 0 spiro atoms. The first kappa shape index (κ1) is 12.8. The van der Waals surface area contributed by atoms with Crippen LogP contribution >= 0.6 is 0 Å². The van der Waals surface area contributed by atoms with Gasteiger partial charge in [0.1, 0.15) is 6.54 Å². The van der Waals surface area contributed by atoms with Crippen LogP contribution in [0, 0.1) is 12.3 Å². The fourth-order valence-electron chi connectivity index (χ4n) is 1.53. The van der Waals surface area contributed by atoms with Gasteiger partial charge < -0.3 is 5.11 Å². The van der Waals surface area contributed by atoms with Crippen LogP contribution in [-0.4, -0.2) is 39.5 Å². The topological polar surface area (TPSA) is 41.3 Å². The molecule has 0 fully saturated rings. The van der Waals surface area contributed by atoms with Gasteiger partial charge in [-0.1, -0.05) is 12.8 Å². The summed E-state index contributed by atoms with van der Waals surface area (Å²) in [7, 11) is 1.98. The molecule has 0 aliphatic carbocycles. The Bertz CT molecular complexity index is 353. The van der Waals surface area contributed by atoms with E-state index in [4.69, 9.17) is 6.42 Å². The highest BCUT2D eigenvalue weighted by molar-refractivity contribution is 5.04. The maximum atomic E-state index is 9.51. The summed E-state index contributed by atoms with van der Waals surface area (Å²) < 4.78 is 1.74. The molecule has 1 rings (SSSR count). The Hall–Kier alpha value is -1.31. The highest BCUT2D eigenvalue weighted by atomic mass is 16.3. The smallest absolute Gasteiger partial charge is 0.101 e. The van der Waals surface area contributed by atoms with E-state index in [0.717, 1.165) is 18.5 Å². The Morgan fingerprint density at radius 1 is 1.69 bits per heavy atom. The maximum Gasteiger partial charge on any atom is 0.101 e. The fraction of sp³-hybridized carbons (Fsp3) is 0.583. The number of terminal acetylenes is 1. The molecule has 4 heteroatoms. The van der Waals surface area contributed by atoms with E-state index < -0.39 is 0 Å². The second-order valence-electron chi connectivity index (χ2n) is 4.01. The lowest BCUT2D eigenvalue weighted by molar-refractivity contribution is 0.119. The van der Waals surface area contributed by atoms with Crippen LogP contribution in [0.1, 0.15) is 18.9 Å². The van der Waals surface area contributed by atoms with E-state index in [2.05, 4.69) is 15.9 Å². The van der Waals surface area contributed by atoms with Crippen LogP contribution in [0.5, 0.6) is 0 Å². The summed E-state index contributed by atoms with van der Waals surface area (Å²) in [6.07, 6.45) is 9.47. The van der Waals surface area contributed by atoms with Gasteiger partial charge >= 0.3 is 0 Å². The monoisotopic (exact) mass is 221 g/mol. The Morgan fingerprint density at radius 2 is 2.44 bits per heavy atom. The summed E-state index contributed by atoms with van der Waals surface area (Å²) in [4.78, 5) is 2.07. The molecule has 0 saturated carbocycles. The number of hydrogen-bond donors (Lipinski definition) is 1. The van der Waals surface area contributed by atoms with Gasteiger partial charge in [0.2, 0.25) is 0 Å². The van der Waals surface area contributed by atoms with Crippen molar-refractivity contribution in [1.29, 1.82) is 0 Å². The van der Waals surface area contributed by atoms with Gasteiger partial charge in [0, 0.05) is 24.8 Å². The van der Waals surface area contributed by atoms with Crippen molar-refractivity contribution >= 4 is 0 Å². The molecule has 0 unspecified atom stereocenters. The molecule has 1 atom stereocenters. The summed E-state index contributed by atoms with van der Waals surface area (Å²) in [6.45, 7) is 3.93. The number of hydrogen-bond acceptors (Lipinski definition) is 3. The SMILES string of the molecule is C#CCn1cc(CN(C)C[C@H](O)CC)cn1. The fourth-order valence-corrected chi connectivity index (χ4v) is 1.53. The Labute approximate surface area is 96.9 Å². The molecule has 16 heavy (non-hydrogen) atoms. The summed E-state index contributed by atoms with van der Waals surface area (Å²) >= 11 is 0. The highest BCUT2D eigenvalue weighted by Gasteiger charge is 2.07. The van der Waals surface area contributed by atoms with Crippen LogP contribution in [0.3, 0.4) is 0 Å². The predicted molar refractivity (Wildman–Crippen MR) is 63.7 cm³/mol. The number of aliphatic hydroxyl groups excluding tert-OH is 1. The second kappa shape index (κ2) is 6.31. The largest absolute Gasteiger partial charge is 0.392 e. The van der Waals surface area contributed by atoms with Gasteiger partial charge in [-0.2, -0.15) is 5.10 Å². The first-order valence-corrected chi connectivity index (χ1v) is 5.47. The number of likely N-dealkylation sites (N-methyl/N-ethyl adjacent to an activating group) is 1. The zero-order valence-electron chi connectivity index (χ0n) is 9.93. The number of nitrogens with zero attached hydrogens (tertiary/aromatic N) is 3. The standard InChI is InChI=1S/C12H19N3O/c1-4-6-15-9-11(7-13-15)8-14(3)10-12(16)5-2/h1,7,9,12,16H,5-6,8,10H2,2-3H3/t12-/m1/s1. The first-order chi connectivity index (χ1) is 7.65. The molecule has 0 aromatic carbocycles. The zero-order chi connectivity index (χ0) is 12.0. The second-order valence-corrected chi connectivity index (χ2v) is 4.01. The summed E-state index contributed by atoms with van der Waals surface area (Å²) in [6, 6.07) is 0. The minimum atomic E-state index is -0.259. The van der Waals surface area contributed by atoms with Crippen LogP contribution in [0.15, 0.2) is 12.4 Å². The molecule has 1 aromatic heterocycles. The summed E-state index contributed by atoms with van der Waals surface area (Å²) in [5.41, 5.74) is 1.11. The summed E-state index contributed by atoms with van der Waals surface area (Å²) in [5, 5.41) is 13.7. The first-order valence-electron chi connectivity index (χ1n) is 5.47. The average Bonchev–Trinajstić information content (AvgIpc) is 2.65. The van der Waals surface area contributed by atoms with Crippen molar-refractivity contribution in [3.8, 4) is 12.3 Å². The van der Waals surface area contributed by atoms with E-state index in [0.29, 0.717) is 13.1 Å². The Balaban J connectivity index is 2.43. The normalized spacial score (nSPS) is 12.7. The summed E-state index contributed by atoms with van der Waals surface area (Å²) in [5.74, 6) is 2.54. The van der Waals surface area contributed by atoms with Crippen molar-refractivity contribution in [3.05, 3.63) is 18.0 Å². The van der Waals surface area contributed by atoms with Crippen molar-refractivity contribution in [2.75, 3.05) is 13.6 Å². The van der Waals surface area contributed by atoms with Gasteiger partial charge in [-0.05, 0) is 13.5 Å². The van der Waals surface area contributed by atoms with E-state index >= 15 is 0 Å². The van der Waals surface area contributed by atoms with E-state index in [1.807, 2.05) is 26.4 Å². The third-order valence-electron chi connectivity index (χ3n) is 2.39. The van der Waals surface area contributed by atoms with Crippen LogP contribution in [0.25, 0.3) is 0 Å². The van der Waals surface area contributed by atoms with Gasteiger partial charge in [0.25, 0.3) is 0 Å². The quantitative estimate of drug-likeness (QED) is 0.720. The number of aliphatic hydroxyl groups is 1. The van der Waals surface area contributed by atoms with E-state index in [9.17, 15) is 5.11 Å². The van der Waals surface area contributed by atoms with Crippen LogP contribution in [-0.2, 0) is 13.1 Å². The van der Waals surface area contributed by atoms with E-state index in [-0.39, 0.29) is 6.10 Å². The number of rotatable bonds is 6. The molecule has 88 valence electrons. The van der Waals surface area contributed by atoms with Crippen molar-refractivity contribution in [1.82, 2.24) is 14.7 Å². The van der Waals surface area contributed by atoms with Crippen LogP contribution in [0.2, 0.25) is 0 Å². The van der Waals surface area contributed by atoms with Crippen LogP contribution < -0.4 is 0 Å². The molecule has 0 aliphatic rings. The molecule has 0 radical (unpaired) electrons. The van der Waals surface area contributed by atoms with Crippen molar-refractivity contribution < 1.29 is 5.11 Å². The maximum absolute atomic E-state index is 9.51. The van der Waals surface area contributed by atoms with E-state index in [1.165, 1.54) is 0 Å². The van der Waals surface area contributed by atoms with Gasteiger partial charge in [0.05, 0.1) is 12.3 Å². The Kier molecular flexibility index (Phi) is 5.03. The molecule has 4 nitrogen and oxygen atoms in total.